The van der Waals surface area contributed by atoms with Crippen molar-refractivity contribution < 1.29 is 32.9 Å². The van der Waals surface area contributed by atoms with Crippen molar-refractivity contribution in [2.75, 3.05) is 19.7 Å². The monoisotopic (exact) mass is 595 g/mol. The molecule has 0 unspecified atom stereocenters. The average molecular weight is 596 g/mol. The van der Waals surface area contributed by atoms with Crippen LogP contribution in [0.15, 0.2) is 48.5 Å². The van der Waals surface area contributed by atoms with E-state index in [0.29, 0.717) is 53.1 Å². The van der Waals surface area contributed by atoms with Gasteiger partial charge in [-0.05, 0) is 74.7 Å². The molecule has 2 fully saturated rings. The molecule has 7 rings (SSSR count). The summed E-state index contributed by atoms with van der Waals surface area (Å²) in [7, 11) is 0. The SMILES string of the molecule is O=C(O)c1ccc2nc(CN3CCC(c4cccc5c4O[C@@H](c4ccc(Cl)cc4F)O5)CC3)n(C[C@@H]3CCO3)c2c1F. The van der Waals surface area contributed by atoms with E-state index in [0.717, 1.165) is 37.9 Å². The lowest BCUT2D eigenvalue weighted by Crippen LogP contribution is -2.35. The molecule has 1 N–H and O–H groups in total. The third kappa shape index (κ3) is 4.87. The third-order valence-electron chi connectivity index (χ3n) is 8.41. The number of rotatable bonds is 7. The van der Waals surface area contributed by atoms with Crippen LogP contribution in [-0.2, 0) is 17.8 Å². The summed E-state index contributed by atoms with van der Waals surface area (Å²) in [5, 5.41) is 9.76. The average Bonchev–Trinajstić information content (AvgIpc) is 3.52. The number of aromatic nitrogens is 2. The first-order valence-electron chi connectivity index (χ1n) is 14.0. The second kappa shape index (κ2) is 10.8. The van der Waals surface area contributed by atoms with Crippen LogP contribution >= 0.6 is 11.6 Å². The van der Waals surface area contributed by atoms with Crippen LogP contribution in [0.1, 0.15) is 58.8 Å². The Morgan fingerprint density at radius 2 is 1.86 bits per heavy atom. The molecule has 3 aromatic carbocycles. The van der Waals surface area contributed by atoms with Gasteiger partial charge < -0.3 is 23.9 Å². The Labute approximate surface area is 245 Å². The minimum Gasteiger partial charge on any atom is -0.478 e. The van der Waals surface area contributed by atoms with Crippen LogP contribution in [-0.4, -0.2) is 51.3 Å². The van der Waals surface area contributed by atoms with Gasteiger partial charge in [0.1, 0.15) is 17.2 Å². The minimum atomic E-state index is -1.31. The highest BCUT2D eigenvalue weighted by Crippen LogP contribution is 2.47. The van der Waals surface area contributed by atoms with Crippen molar-refractivity contribution in [3.63, 3.8) is 0 Å². The van der Waals surface area contributed by atoms with Gasteiger partial charge in [0, 0.05) is 17.2 Å². The van der Waals surface area contributed by atoms with Crippen LogP contribution in [0, 0.1) is 11.6 Å². The van der Waals surface area contributed by atoms with E-state index in [-0.39, 0.29) is 23.1 Å². The molecular formula is C31H28ClF2N3O5. The number of hydrogen-bond donors (Lipinski definition) is 1. The predicted octanol–water partition coefficient (Wildman–Crippen LogP) is 6.30. The van der Waals surface area contributed by atoms with Crippen LogP contribution in [0.4, 0.5) is 8.78 Å². The van der Waals surface area contributed by atoms with Crippen LogP contribution in [0.25, 0.3) is 11.0 Å². The van der Waals surface area contributed by atoms with E-state index in [1.807, 2.05) is 18.2 Å². The molecule has 11 heteroatoms. The van der Waals surface area contributed by atoms with Gasteiger partial charge in [0.2, 0.25) is 0 Å². The maximum Gasteiger partial charge on any atom is 0.338 e. The largest absolute Gasteiger partial charge is 0.478 e. The van der Waals surface area contributed by atoms with Crippen molar-refractivity contribution in [2.45, 2.75) is 50.7 Å². The zero-order chi connectivity index (χ0) is 29.0. The summed E-state index contributed by atoms with van der Waals surface area (Å²) in [6.45, 7) is 3.13. The quantitative estimate of drug-likeness (QED) is 0.268. The summed E-state index contributed by atoms with van der Waals surface area (Å²) in [5.74, 6) is -0.432. The third-order valence-corrected chi connectivity index (χ3v) is 8.65. The number of aromatic carboxylic acids is 1. The first-order chi connectivity index (χ1) is 20.4. The molecule has 4 heterocycles. The Kier molecular flexibility index (Phi) is 7.00. The van der Waals surface area contributed by atoms with Crippen molar-refractivity contribution in [2.24, 2.45) is 0 Å². The Morgan fingerprint density at radius 3 is 2.57 bits per heavy atom. The van der Waals surface area contributed by atoms with Gasteiger partial charge in [-0.2, -0.15) is 0 Å². The number of piperidine rings is 1. The van der Waals surface area contributed by atoms with E-state index >= 15 is 4.39 Å². The standard InChI is InChI=1S/C31H28ClF2N3O5/c32-18-4-5-21(23(33)14-18)31-41-25-3-1-2-20(29(25)42-31)17-8-11-36(12-9-17)16-26-35-24-7-6-22(30(38)39)27(34)28(24)37(26)15-19-10-13-40-19/h1-7,14,17,19,31H,8-13,15-16H2,(H,38,39)/t19-,31-/m0/s1. The number of carbonyl (C=O) groups is 1. The summed E-state index contributed by atoms with van der Waals surface area (Å²) in [6.07, 6.45) is 1.64. The van der Waals surface area contributed by atoms with Gasteiger partial charge in [-0.1, -0.05) is 23.7 Å². The molecule has 218 valence electrons. The number of imidazole rings is 1. The molecule has 0 bridgehead atoms. The Hall–Kier alpha value is -3.73. The highest BCUT2D eigenvalue weighted by atomic mass is 35.5. The van der Waals surface area contributed by atoms with E-state index < -0.39 is 23.9 Å². The van der Waals surface area contributed by atoms with Crippen LogP contribution in [0.5, 0.6) is 11.5 Å². The molecule has 0 aliphatic carbocycles. The number of fused-ring (bicyclic) bond motifs is 2. The second-order valence-electron chi connectivity index (χ2n) is 11.0. The van der Waals surface area contributed by atoms with Crippen molar-refractivity contribution in [3.8, 4) is 11.5 Å². The van der Waals surface area contributed by atoms with Gasteiger partial charge in [-0.25, -0.2) is 18.6 Å². The van der Waals surface area contributed by atoms with Gasteiger partial charge in [0.15, 0.2) is 17.3 Å². The molecule has 1 aromatic heterocycles. The van der Waals surface area contributed by atoms with E-state index in [2.05, 4.69) is 4.90 Å². The molecule has 8 nitrogen and oxygen atoms in total. The number of carboxylic acids is 1. The van der Waals surface area contributed by atoms with E-state index in [1.165, 1.54) is 12.1 Å². The summed E-state index contributed by atoms with van der Waals surface area (Å²) in [5.41, 5.74) is 1.60. The fraction of sp³-hybridized carbons (Fsp3) is 0.355. The lowest BCUT2D eigenvalue weighted by atomic mass is 9.88. The molecule has 3 aliphatic heterocycles. The topological polar surface area (TPSA) is 86.0 Å². The number of benzene rings is 3. The number of nitrogens with zero attached hydrogens (tertiary/aromatic N) is 3. The maximum atomic E-state index is 15.3. The molecule has 2 atom stereocenters. The second-order valence-corrected chi connectivity index (χ2v) is 11.4. The molecule has 4 aromatic rings. The predicted molar refractivity (Wildman–Crippen MR) is 150 cm³/mol. The summed E-state index contributed by atoms with van der Waals surface area (Å²) >= 11 is 5.91. The maximum absolute atomic E-state index is 15.3. The highest BCUT2D eigenvalue weighted by molar-refractivity contribution is 6.30. The van der Waals surface area contributed by atoms with Crippen molar-refractivity contribution >= 4 is 28.6 Å². The van der Waals surface area contributed by atoms with E-state index in [1.54, 1.807) is 22.8 Å². The van der Waals surface area contributed by atoms with Gasteiger partial charge >= 0.3 is 5.97 Å². The summed E-state index contributed by atoms with van der Waals surface area (Å²) in [6, 6.07) is 13.0. The van der Waals surface area contributed by atoms with Crippen molar-refractivity contribution in [3.05, 3.63) is 87.7 Å². The van der Waals surface area contributed by atoms with Crippen LogP contribution in [0.2, 0.25) is 5.02 Å². The molecule has 0 spiro atoms. The Morgan fingerprint density at radius 1 is 1.05 bits per heavy atom. The van der Waals surface area contributed by atoms with Crippen LogP contribution in [0.3, 0.4) is 0 Å². The zero-order valence-electron chi connectivity index (χ0n) is 22.6. The number of para-hydroxylation sites is 1. The van der Waals surface area contributed by atoms with Gasteiger partial charge in [-0.15, -0.1) is 0 Å². The van der Waals surface area contributed by atoms with E-state index in [4.69, 9.17) is 30.8 Å². The lowest BCUT2D eigenvalue weighted by Gasteiger charge is -2.33. The lowest BCUT2D eigenvalue weighted by molar-refractivity contribution is -0.0592. The summed E-state index contributed by atoms with van der Waals surface area (Å²) < 4.78 is 49.4. The highest BCUT2D eigenvalue weighted by Gasteiger charge is 2.34. The molecule has 0 saturated carbocycles. The van der Waals surface area contributed by atoms with Gasteiger partial charge in [-0.3, -0.25) is 4.90 Å². The summed E-state index contributed by atoms with van der Waals surface area (Å²) in [4.78, 5) is 18.6. The molecule has 2 saturated heterocycles. The van der Waals surface area contributed by atoms with E-state index in [9.17, 15) is 14.3 Å². The molecule has 42 heavy (non-hydrogen) atoms. The number of likely N-dealkylation sites (tertiary alicyclic amines) is 1. The normalized spacial score (nSPS) is 20.6. The molecule has 0 radical (unpaired) electrons. The molecule has 3 aliphatic rings. The van der Waals surface area contributed by atoms with Gasteiger partial charge in [0.05, 0.1) is 35.8 Å². The van der Waals surface area contributed by atoms with Gasteiger partial charge in [0.25, 0.3) is 6.29 Å². The first-order valence-corrected chi connectivity index (χ1v) is 14.4. The van der Waals surface area contributed by atoms with Crippen molar-refractivity contribution in [1.82, 2.24) is 14.5 Å². The number of halogens is 3. The Bertz CT molecular complexity index is 1680. The smallest absolute Gasteiger partial charge is 0.338 e. The zero-order valence-corrected chi connectivity index (χ0v) is 23.3. The van der Waals surface area contributed by atoms with Crippen LogP contribution < -0.4 is 9.47 Å². The fourth-order valence-electron chi connectivity index (χ4n) is 6.09. The molecule has 0 amide bonds. The number of ether oxygens (including phenoxy) is 3. The fourth-order valence-corrected chi connectivity index (χ4v) is 6.24. The first kappa shape index (κ1) is 27.1. The van der Waals surface area contributed by atoms with Crippen molar-refractivity contribution in [1.29, 1.82) is 0 Å². The number of hydrogen-bond acceptors (Lipinski definition) is 6. The number of carboxylic acid groups (broad SMARTS) is 1. The minimum absolute atomic E-state index is 0.0488. The molecular weight excluding hydrogens is 568 g/mol. The Balaban J connectivity index is 1.08.